The van der Waals surface area contributed by atoms with Crippen molar-refractivity contribution in [3.05, 3.63) is 41.4 Å². The number of morpholine rings is 1. The van der Waals surface area contributed by atoms with Crippen molar-refractivity contribution >= 4 is 32.4 Å². The van der Waals surface area contributed by atoms with Crippen molar-refractivity contribution < 1.29 is 17.9 Å². The van der Waals surface area contributed by atoms with Gasteiger partial charge in [0, 0.05) is 56.4 Å². The van der Waals surface area contributed by atoms with Gasteiger partial charge in [0.2, 0.25) is 10.0 Å². The van der Waals surface area contributed by atoms with E-state index in [9.17, 15) is 13.2 Å². The molecule has 2 aliphatic rings. The molecular weight excluding hydrogens is 436 g/mol. The number of thiazole rings is 1. The van der Waals surface area contributed by atoms with Gasteiger partial charge in [-0.1, -0.05) is 6.07 Å². The lowest BCUT2D eigenvalue weighted by atomic mass is 10.2. The van der Waals surface area contributed by atoms with Crippen LogP contribution >= 0.6 is 11.3 Å². The summed E-state index contributed by atoms with van der Waals surface area (Å²) < 4.78 is 33.5. The molecule has 4 rings (SSSR count). The molecule has 2 aliphatic heterocycles. The highest BCUT2D eigenvalue weighted by Crippen LogP contribution is 2.23. The maximum absolute atomic E-state index is 13.2. The normalized spacial score (nSPS) is 23.5. The Morgan fingerprint density at radius 3 is 2.61 bits per heavy atom. The summed E-state index contributed by atoms with van der Waals surface area (Å²) in [5.41, 5.74) is 0.401. The molecule has 1 aromatic carbocycles. The third-order valence-corrected chi connectivity index (χ3v) is 8.24. The monoisotopic (exact) mass is 464 g/mol. The summed E-state index contributed by atoms with van der Waals surface area (Å²) in [6.45, 7) is 7.12. The summed E-state index contributed by atoms with van der Waals surface area (Å²) in [7, 11) is -3.69. The van der Waals surface area contributed by atoms with Gasteiger partial charge >= 0.3 is 0 Å². The van der Waals surface area contributed by atoms with E-state index in [1.54, 1.807) is 40.6 Å². The van der Waals surface area contributed by atoms with Crippen LogP contribution in [0, 0.1) is 0 Å². The van der Waals surface area contributed by atoms with Crippen molar-refractivity contribution in [1.29, 1.82) is 0 Å². The van der Waals surface area contributed by atoms with Gasteiger partial charge in [-0.15, -0.1) is 11.3 Å². The number of ether oxygens (including phenoxy) is 1. The van der Waals surface area contributed by atoms with E-state index in [2.05, 4.69) is 9.88 Å². The van der Waals surface area contributed by atoms with Crippen molar-refractivity contribution in [2.24, 2.45) is 0 Å². The molecule has 0 N–H and O–H groups in total. The average Bonchev–Trinajstić information content (AvgIpc) is 3.17. The predicted octanol–water partition coefficient (Wildman–Crippen LogP) is 2.29. The summed E-state index contributed by atoms with van der Waals surface area (Å²) in [5, 5.41) is 2.92. The first-order valence-corrected chi connectivity index (χ1v) is 12.9. The lowest BCUT2D eigenvalue weighted by molar-refractivity contribution is -0.0440. The number of benzene rings is 1. The van der Waals surface area contributed by atoms with Crippen molar-refractivity contribution in [3.63, 3.8) is 0 Å². The van der Waals surface area contributed by atoms with Gasteiger partial charge in [0.1, 0.15) is 0 Å². The number of rotatable bonds is 4. The molecular formula is C21H28N4O4S2. The van der Waals surface area contributed by atoms with Gasteiger partial charge in [0.15, 0.2) is 5.13 Å². The number of carbonyl (C=O) groups excluding carboxylic acids is 1. The quantitative estimate of drug-likeness (QED) is 0.691. The number of hydrogen-bond donors (Lipinski definition) is 0. The van der Waals surface area contributed by atoms with Crippen LogP contribution in [-0.2, 0) is 14.8 Å². The highest BCUT2D eigenvalue weighted by Gasteiger charge is 2.32. The van der Waals surface area contributed by atoms with E-state index in [4.69, 9.17) is 4.74 Å². The fraction of sp³-hybridized carbons (Fsp3) is 0.524. The minimum atomic E-state index is -3.69. The van der Waals surface area contributed by atoms with Gasteiger partial charge in [-0.05, 0) is 38.5 Å². The zero-order chi connectivity index (χ0) is 22.0. The van der Waals surface area contributed by atoms with Gasteiger partial charge in [-0.3, -0.25) is 4.79 Å². The molecule has 1 amide bonds. The van der Waals surface area contributed by atoms with E-state index in [1.165, 1.54) is 10.4 Å². The molecule has 0 aliphatic carbocycles. The highest BCUT2D eigenvalue weighted by atomic mass is 32.2. The van der Waals surface area contributed by atoms with Crippen molar-refractivity contribution in [2.75, 3.05) is 44.2 Å². The van der Waals surface area contributed by atoms with Gasteiger partial charge in [-0.25, -0.2) is 13.4 Å². The van der Waals surface area contributed by atoms with E-state index >= 15 is 0 Å². The number of carbonyl (C=O) groups is 1. The molecule has 0 radical (unpaired) electrons. The summed E-state index contributed by atoms with van der Waals surface area (Å²) >= 11 is 1.59. The van der Waals surface area contributed by atoms with Gasteiger partial charge in [0.25, 0.3) is 5.91 Å². The summed E-state index contributed by atoms with van der Waals surface area (Å²) in [6, 6.07) is 6.40. The van der Waals surface area contributed by atoms with E-state index in [0.29, 0.717) is 38.3 Å². The maximum Gasteiger partial charge on any atom is 0.253 e. The second-order valence-corrected chi connectivity index (χ2v) is 10.9. The Kier molecular flexibility index (Phi) is 6.61. The van der Waals surface area contributed by atoms with Crippen LogP contribution in [0.25, 0.3) is 0 Å². The molecule has 2 saturated heterocycles. The van der Waals surface area contributed by atoms with Crippen molar-refractivity contribution in [2.45, 2.75) is 37.4 Å². The van der Waals surface area contributed by atoms with E-state index in [-0.39, 0.29) is 23.0 Å². The molecule has 10 heteroatoms. The van der Waals surface area contributed by atoms with Crippen LogP contribution in [0.4, 0.5) is 5.13 Å². The van der Waals surface area contributed by atoms with E-state index in [1.807, 2.05) is 19.2 Å². The van der Waals surface area contributed by atoms with E-state index < -0.39 is 10.0 Å². The SMILES string of the molecule is CC1CN(S(=O)(=O)c2cccc(C(=O)N3CCCN(c4nccs4)CC3)c2)CC(C)O1. The number of nitrogens with zero attached hydrogens (tertiary/aromatic N) is 4. The van der Waals surface area contributed by atoms with Crippen LogP contribution in [0.5, 0.6) is 0 Å². The van der Waals surface area contributed by atoms with Crippen LogP contribution in [-0.4, -0.2) is 80.0 Å². The highest BCUT2D eigenvalue weighted by molar-refractivity contribution is 7.89. The number of anilines is 1. The fourth-order valence-corrected chi connectivity index (χ4v) is 6.47. The first-order valence-electron chi connectivity index (χ1n) is 10.5. The van der Waals surface area contributed by atoms with Crippen LogP contribution in [0.15, 0.2) is 40.7 Å². The molecule has 2 aromatic rings. The molecule has 168 valence electrons. The van der Waals surface area contributed by atoms with Crippen LogP contribution in [0.2, 0.25) is 0 Å². The number of hydrogen-bond acceptors (Lipinski definition) is 7. The second-order valence-electron chi connectivity index (χ2n) is 8.05. The smallest absolute Gasteiger partial charge is 0.253 e. The zero-order valence-electron chi connectivity index (χ0n) is 17.8. The molecule has 2 fully saturated rings. The lowest BCUT2D eigenvalue weighted by Crippen LogP contribution is -2.48. The minimum Gasteiger partial charge on any atom is -0.373 e. The molecule has 3 heterocycles. The Hall–Kier alpha value is -2.01. The second kappa shape index (κ2) is 9.23. The average molecular weight is 465 g/mol. The lowest BCUT2D eigenvalue weighted by Gasteiger charge is -2.34. The Labute approximate surface area is 187 Å². The summed E-state index contributed by atoms with van der Waals surface area (Å²) in [5.74, 6) is -0.137. The third-order valence-electron chi connectivity index (χ3n) is 5.58. The van der Waals surface area contributed by atoms with Gasteiger partial charge < -0.3 is 14.5 Å². The Morgan fingerprint density at radius 2 is 1.90 bits per heavy atom. The van der Waals surface area contributed by atoms with Crippen molar-refractivity contribution in [1.82, 2.24) is 14.2 Å². The number of sulfonamides is 1. The third kappa shape index (κ3) is 4.92. The first-order chi connectivity index (χ1) is 14.8. The topological polar surface area (TPSA) is 83.1 Å². The fourth-order valence-electron chi connectivity index (χ4n) is 4.13. The van der Waals surface area contributed by atoms with Crippen LogP contribution < -0.4 is 4.90 Å². The van der Waals surface area contributed by atoms with Gasteiger partial charge in [-0.2, -0.15) is 4.31 Å². The Morgan fingerprint density at radius 1 is 1.13 bits per heavy atom. The predicted molar refractivity (Wildman–Crippen MR) is 120 cm³/mol. The molecule has 1 aromatic heterocycles. The molecule has 0 bridgehead atoms. The molecule has 2 unspecified atom stereocenters. The Bertz CT molecular complexity index is 1000. The van der Waals surface area contributed by atoms with Gasteiger partial charge in [0.05, 0.1) is 17.1 Å². The standard InChI is InChI=1S/C21H28N4O4S2/c1-16-14-25(15-17(2)29-16)31(27,28)19-6-3-5-18(13-19)20(26)23-8-4-9-24(11-10-23)21-22-7-12-30-21/h3,5-7,12-13,16-17H,4,8-11,14-15H2,1-2H3. The molecule has 31 heavy (non-hydrogen) atoms. The first kappa shape index (κ1) is 22.2. The van der Waals surface area contributed by atoms with E-state index in [0.717, 1.165) is 18.1 Å². The van der Waals surface area contributed by atoms with Crippen LogP contribution in [0.3, 0.4) is 0 Å². The van der Waals surface area contributed by atoms with Crippen molar-refractivity contribution in [3.8, 4) is 0 Å². The minimum absolute atomic E-state index is 0.137. The summed E-state index contributed by atoms with van der Waals surface area (Å²) in [6.07, 6.45) is 2.30. The maximum atomic E-state index is 13.2. The number of aromatic nitrogens is 1. The zero-order valence-corrected chi connectivity index (χ0v) is 19.4. The largest absolute Gasteiger partial charge is 0.373 e. The molecule has 2 atom stereocenters. The van der Waals surface area contributed by atoms with Crippen LogP contribution in [0.1, 0.15) is 30.6 Å². The molecule has 8 nitrogen and oxygen atoms in total. The molecule has 0 spiro atoms. The number of amides is 1. The summed E-state index contributed by atoms with van der Waals surface area (Å²) in [4.78, 5) is 21.7. The molecule has 0 saturated carbocycles. The Balaban J connectivity index is 1.49.